The lowest BCUT2D eigenvalue weighted by molar-refractivity contribution is -0.137. The highest BCUT2D eigenvalue weighted by Crippen LogP contribution is 2.41. The second-order valence-electron chi connectivity index (χ2n) is 5.94. The molecule has 0 bridgehead atoms. The summed E-state index contributed by atoms with van der Waals surface area (Å²) in [5, 5.41) is 8.86. The van der Waals surface area contributed by atoms with E-state index in [0.29, 0.717) is 11.7 Å². The fourth-order valence-electron chi connectivity index (χ4n) is 3.19. The minimum atomic E-state index is -4.59. The Morgan fingerprint density at radius 2 is 1.75 bits per heavy atom. The van der Waals surface area contributed by atoms with E-state index in [9.17, 15) is 13.2 Å². The Kier molecular flexibility index (Phi) is 4.48. The van der Waals surface area contributed by atoms with Gasteiger partial charge in [-0.3, -0.25) is 0 Å². The van der Waals surface area contributed by atoms with Crippen LogP contribution < -0.4 is 4.74 Å². The van der Waals surface area contributed by atoms with Crippen LogP contribution in [0.2, 0.25) is 0 Å². The van der Waals surface area contributed by atoms with E-state index in [0.717, 1.165) is 43.4 Å². The lowest BCUT2D eigenvalue weighted by atomic mass is 9.97. The summed E-state index contributed by atoms with van der Waals surface area (Å²) < 4.78 is 45.0. The highest BCUT2D eigenvalue weighted by molar-refractivity contribution is 5.47. The average Bonchev–Trinajstić information content (AvgIpc) is 3.09. The number of nitriles is 1. The molecule has 0 unspecified atom stereocenters. The summed E-state index contributed by atoms with van der Waals surface area (Å²) in [7, 11) is 0. The smallest absolute Gasteiger partial charge is 0.417 e. The molecule has 1 aliphatic carbocycles. The predicted octanol–water partition coefficient (Wildman–Crippen LogP) is 6.03. The number of halogens is 3. The summed E-state index contributed by atoms with van der Waals surface area (Å²) in [6.45, 7) is 0. The van der Waals surface area contributed by atoms with Crippen molar-refractivity contribution in [2.24, 2.45) is 0 Å². The highest BCUT2D eigenvalue weighted by atomic mass is 19.4. The summed E-state index contributed by atoms with van der Waals surface area (Å²) in [4.78, 5) is 0. The molecule has 0 radical (unpaired) electrons. The molecule has 124 valence electrons. The number of benzene rings is 2. The van der Waals surface area contributed by atoms with Crippen LogP contribution in [0.3, 0.4) is 0 Å². The van der Waals surface area contributed by atoms with Crippen LogP contribution in [0.15, 0.2) is 42.5 Å². The van der Waals surface area contributed by atoms with Crippen molar-refractivity contribution >= 4 is 0 Å². The number of para-hydroxylation sites is 1. The lowest BCUT2D eigenvalue weighted by Crippen LogP contribution is -2.08. The summed E-state index contributed by atoms with van der Waals surface area (Å²) in [5.74, 6) is 1.07. The zero-order chi connectivity index (χ0) is 17.2. The Morgan fingerprint density at radius 1 is 1.04 bits per heavy atom. The van der Waals surface area contributed by atoms with Crippen molar-refractivity contribution in [2.75, 3.05) is 0 Å². The van der Waals surface area contributed by atoms with E-state index in [1.807, 2.05) is 18.2 Å². The normalized spacial score (nSPS) is 15.2. The summed E-state index contributed by atoms with van der Waals surface area (Å²) in [5.41, 5.74) is -0.340. The van der Waals surface area contributed by atoms with E-state index in [2.05, 4.69) is 0 Å². The SMILES string of the molecule is N#Cc1ccc(Oc2ccccc2C2CCCC2)cc1C(F)(F)F. The van der Waals surface area contributed by atoms with E-state index < -0.39 is 17.3 Å². The minimum Gasteiger partial charge on any atom is -0.457 e. The van der Waals surface area contributed by atoms with Crippen molar-refractivity contribution in [1.82, 2.24) is 0 Å². The molecular formula is C19H16F3NO. The van der Waals surface area contributed by atoms with Crippen LogP contribution in [0.4, 0.5) is 13.2 Å². The Balaban J connectivity index is 1.94. The first kappa shape index (κ1) is 16.4. The maximum atomic E-state index is 13.1. The van der Waals surface area contributed by atoms with Gasteiger partial charge in [0.05, 0.1) is 17.2 Å². The lowest BCUT2D eigenvalue weighted by Gasteiger charge is -2.17. The molecule has 0 aliphatic heterocycles. The highest BCUT2D eigenvalue weighted by Gasteiger charge is 2.34. The van der Waals surface area contributed by atoms with Crippen LogP contribution in [-0.2, 0) is 6.18 Å². The van der Waals surface area contributed by atoms with Crippen LogP contribution >= 0.6 is 0 Å². The molecule has 0 amide bonds. The van der Waals surface area contributed by atoms with Gasteiger partial charge in [0, 0.05) is 0 Å². The summed E-state index contributed by atoms with van der Waals surface area (Å²) in [6, 6.07) is 12.5. The van der Waals surface area contributed by atoms with Crippen molar-refractivity contribution in [3.63, 3.8) is 0 Å². The molecule has 0 heterocycles. The summed E-state index contributed by atoms with van der Waals surface area (Å²) >= 11 is 0. The summed E-state index contributed by atoms with van der Waals surface area (Å²) in [6.07, 6.45) is -0.124. The zero-order valence-corrected chi connectivity index (χ0v) is 12.9. The third kappa shape index (κ3) is 3.38. The van der Waals surface area contributed by atoms with Gasteiger partial charge in [-0.25, -0.2) is 0 Å². The minimum absolute atomic E-state index is 0.0896. The molecule has 1 fully saturated rings. The van der Waals surface area contributed by atoms with Crippen LogP contribution in [0.5, 0.6) is 11.5 Å². The van der Waals surface area contributed by atoms with Gasteiger partial charge in [-0.15, -0.1) is 0 Å². The number of ether oxygens (including phenoxy) is 1. The van der Waals surface area contributed by atoms with E-state index in [1.54, 1.807) is 12.1 Å². The van der Waals surface area contributed by atoms with Crippen LogP contribution in [-0.4, -0.2) is 0 Å². The number of alkyl halides is 3. The van der Waals surface area contributed by atoms with Crippen molar-refractivity contribution in [1.29, 1.82) is 5.26 Å². The van der Waals surface area contributed by atoms with Crippen LogP contribution in [0, 0.1) is 11.3 Å². The Labute approximate surface area is 138 Å². The number of nitrogens with zero attached hydrogens (tertiary/aromatic N) is 1. The van der Waals surface area contributed by atoms with E-state index in [-0.39, 0.29) is 5.75 Å². The van der Waals surface area contributed by atoms with Gasteiger partial charge in [0.1, 0.15) is 11.5 Å². The molecule has 0 spiro atoms. The molecule has 0 saturated heterocycles. The number of hydrogen-bond donors (Lipinski definition) is 0. The Hall–Kier alpha value is -2.48. The van der Waals surface area contributed by atoms with Gasteiger partial charge in [-0.2, -0.15) is 18.4 Å². The van der Waals surface area contributed by atoms with Gasteiger partial charge < -0.3 is 4.74 Å². The van der Waals surface area contributed by atoms with Gasteiger partial charge >= 0.3 is 6.18 Å². The van der Waals surface area contributed by atoms with Crippen molar-refractivity contribution < 1.29 is 17.9 Å². The molecule has 1 saturated carbocycles. The van der Waals surface area contributed by atoms with E-state index in [4.69, 9.17) is 10.00 Å². The maximum Gasteiger partial charge on any atom is 0.417 e. The van der Waals surface area contributed by atoms with Crippen molar-refractivity contribution in [3.05, 3.63) is 59.2 Å². The largest absolute Gasteiger partial charge is 0.457 e. The van der Waals surface area contributed by atoms with Gasteiger partial charge in [-0.05, 0) is 48.6 Å². The molecule has 2 aromatic rings. The molecule has 24 heavy (non-hydrogen) atoms. The quantitative estimate of drug-likeness (QED) is 0.688. The first-order valence-corrected chi connectivity index (χ1v) is 7.87. The molecule has 0 atom stereocenters. The van der Waals surface area contributed by atoms with Gasteiger partial charge in [0.15, 0.2) is 0 Å². The first-order chi connectivity index (χ1) is 11.5. The van der Waals surface area contributed by atoms with Gasteiger partial charge in [-0.1, -0.05) is 31.0 Å². The first-order valence-electron chi connectivity index (χ1n) is 7.87. The predicted molar refractivity (Wildman–Crippen MR) is 83.9 cm³/mol. The van der Waals surface area contributed by atoms with Gasteiger partial charge in [0.2, 0.25) is 0 Å². The van der Waals surface area contributed by atoms with E-state index in [1.165, 1.54) is 6.07 Å². The molecular weight excluding hydrogens is 315 g/mol. The molecule has 0 aromatic heterocycles. The van der Waals surface area contributed by atoms with E-state index >= 15 is 0 Å². The Bertz CT molecular complexity index is 771. The van der Waals surface area contributed by atoms with Crippen LogP contribution in [0.1, 0.15) is 48.3 Å². The molecule has 0 N–H and O–H groups in total. The third-order valence-corrected chi connectivity index (χ3v) is 4.36. The van der Waals surface area contributed by atoms with Crippen LogP contribution in [0.25, 0.3) is 0 Å². The number of rotatable bonds is 3. The van der Waals surface area contributed by atoms with Crippen molar-refractivity contribution in [3.8, 4) is 17.6 Å². The fourth-order valence-corrected chi connectivity index (χ4v) is 3.19. The molecule has 5 heteroatoms. The molecule has 1 aliphatic rings. The average molecular weight is 331 g/mol. The second kappa shape index (κ2) is 6.56. The number of hydrogen-bond acceptors (Lipinski definition) is 2. The molecule has 2 nitrogen and oxygen atoms in total. The standard InChI is InChI=1S/C19H16F3NO/c20-19(21,22)17-11-15(10-9-14(17)12-23)24-18-8-4-3-7-16(18)13-5-1-2-6-13/h3-4,7-11,13H,1-2,5-6H2. The van der Waals surface area contributed by atoms with Gasteiger partial charge in [0.25, 0.3) is 0 Å². The van der Waals surface area contributed by atoms with Crippen molar-refractivity contribution in [2.45, 2.75) is 37.8 Å². The maximum absolute atomic E-state index is 13.1. The third-order valence-electron chi connectivity index (χ3n) is 4.36. The topological polar surface area (TPSA) is 33.0 Å². The zero-order valence-electron chi connectivity index (χ0n) is 12.9. The second-order valence-corrected chi connectivity index (χ2v) is 5.94. The monoisotopic (exact) mass is 331 g/mol. The Morgan fingerprint density at radius 3 is 2.42 bits per heavy atom. The fraction of sp³-hybridized carbons (Fsp3) is 0.316. The molecule has 3 rings (SSSR count). The molecule has 2 aromatic carbocycles.